The van der Waals surface area contributed by atoms with Crippen LogP contribution in [0.5, 0.6) is 0 Å². The second kappa shape index (κ2) is 4.24. The predicted octanol–water partition coefficient (Wildman–Crippen LogP) is 1.89. The van der Waals surface area contributed by atoms with Gasteiger partial charge in [-0.25, -0.2) is 0 Å². The van der Waals surface area contributed by atoms with Crippen LogP contribution < -0.4 is 0 Å². The summed E-state index contributed by atoms with van der Waals surface area (Å²) in [7, 11) is 0. The maximum absolute atomic E-state index is 5.65. The fourth-order valence-electron chi connectivity index (χ4n) is 1.86. The number of hydrogen-bond acceptors (Lipinski definition) is 2. The molecule has 0 spiro atoms. The van der Waals surface area contributed by atoms with E-state index in [1.54, 1.807) is 0 Å². The monoisotopic (exact) mass is 171 g/mol. The quantitative estimate of drug-likeness (QED) is 0.597. The molecule has 0 bridgehead atoms. The Labute approximate surface area is 75.9 Å². The van der Waals surface area contributed by atoms with E-state index in [1.165, 1.54) is 13.0 Å². The average molecular weight is 171 g/mol. The van der Waals surface area contributed by atoms with Crippen molar-refractivity contribution in [1.29, 1.82) is 0 Å². The Morgan fingerprint density at radius 3 is 2.58 bits per heavy atom. The highest BCUT2D eigenvalue weighted by Gasteiger charge is 2.24. The maximum atomic E-state index is 5.65. The summed E-state index contributed by atoms with van der Waals surface area (Å²) in [5.74, 6) is 0. The summed E-state index contributed by atoms with van der Waals surface area (Å²) in [4.78, 5) is 2.53. The summed E-state index contributed by atoms with van der Waals surface area (Å²) >= 11 is 0. The zero-order chi connectivity index (χ0) is 9.14. The fourth-order valence-corrected chi connectivity index (χ4v) is 1.86. The van der Waals surface area contributed by atoms with Gasteiger partial charge in [0.05, 0.1) is 6.10 Å². The molecule has 2 heteroatoms. The molecule has 0 aromatic carbocycles. The van der Waals surface area contributed by atoms with Crippen molar-refractivity contribution in [3.8, 4) is 0 Å². The average Bonchev–Trinajstić information content (AvgIpc) is 2.15. The van der Waals surface area contributed by atoms with E-state index >= 15 is 0 Å². The van der Waals surface area contributed by atoms with Gasteiger partial charge in [-0.05, 0) is 34.1 Å². The van der Waals surface area contributed by atoms with E-state index in [0.29, 0.717) is 18.2 Å². The van der Waals surface area contributed by atoms with Gasteiger partial charge in [0.2, 0.25) is 0 Å². The van der Waals surface area contributed by atoms with E-state index in [-0.39, 0.29) is 0 Å². The third kappa shape index (κ3) is 2.20. The van der Waals surface area contributed by atoms with Crippen molar-refractivity contribution in [2.45, 2.75) is 52.3 Å². The second-order valence-corrected chi connectivity index (χ2v) is 4.00. The lowest BCUT2D eigenvalue weighted by atomic mass is 10.1. The normalized spacial score (nSPS) is 33.8. The molecule has 0 radical (unpaired) electrons. The van der Waals surface area contributed by atoms with Crippen LogP contribution in [0.3, 0.4) is 0 Å². The molecule has 1 unspecified atom stereocenters. The van der Waals surface area contributed by atoms with E-state index in [9.17, 15) is 0 Å². The molecule has 12 heavy (non-hydrogen) atoms. The molecule has 1 saturated heterocycles. The van der Waals surface area contributed by atoms with Gasteiger partial charge < -0.3 is 4.74 Å². The fraction of sp³-hybridized carbons (Fsp3) is 1.00. The maximum Gasteiger partial charge on any atom is 0.0699 e. The van der Waals surface area contributed by atoms with Crippen LogP contribution in [0.25, 0.3) is 0 Å². The third-order valence-corrected chi connectivity index (χ3v) is 2.81. The highest BCUT2D eigenvalue weighted by Crippen LogP contribution is 2.15. The van der Waals surface area contributed by atoms with Crippen LogP contribution in [0, 0.1) is 0 Å². The molecule has 0 amide bonds. The molecule has 1 heterocycles. The summed E-state index contributed by atoms with van der Waals surface area (Å²) in [6.07, 6.45) is 1.56. The highest BCUT2D eigenvalue weighted by atomic mass is 16.5. The first-order valence-corrected chi connectivity index (χ1v) is 5.00. The Bertz CT molecular complexity index is 136. The number of rotatable bonds is 1. The summed E-state index contributed by atoms with van der Waals surface area (Å²) in [6, 6.07) is 1.21. The summed E-state index contributed by atoms with van der Waals surface area (Å²) in [6.45, 7) is 11.1. The van der Waals surface area contributed by atoms with Crippen molar-refractivity contribution >= 4 is 0 Å². The van der Waals surface area contributed by atoms with Gasteiger partial charge in [0.1, 0.15) is 0 Å². The molecule has 1 aliphatic heterocycles. The van der Waals surface area contributed by atoms with Crippen molar-refractivity contribution in [2.24, 2.45) is 0 Å². The van der Waals surface area contributed by atoms with Gasteiger partial charge in [-0.2, -0.15) is 0 Å². The van der Waals surface area contributed by atoms with Crippen LogP contribution in [0.2, 0.25) is 0 Å². The minimum Gasteiger partial charge on any atom is -0.377 e. The molecule has 1 rings (SSSR count). The first-order chi connectivity index (χ1) is 5.63. The van der Waals surface area contributed by atoms with Crippen molar-refractivity contribution < 1.29 is 4.74 Å². The Morgan fingerprint density at radius 2 is 2.00 bits per heavy atom. The summed E-state index contributed by atoms with van der Waals surface area (Å²) in [5.41, 5.74) is 0. The smallest absolute Gasteiger partial charge is 0.0699 e. The Hall–Kier alpha value is -0.0800. The topological polar surface area (TPSA) is 12.5 Å². The molecule has 2 atom stereocenters. The van der Waals surface area contributed by atoms with E-state index in [2.05, 4.69) is 32.6 Å². The third-order valence-electron chi connectivity index (χ3n) is 2.81. The van der Waals surface area contributed by atoms with Crippen molar-refractivity contribution in [3.63, 3.8) is 0 Å². The molecule has 0 aromatic rings. The van der Waals surface area contributed by atoms with Gasteiger partial charge in [0.25, 0.3) is 0 Å². The number of hydrogen-bond donors (Lipinski definition) is 0. The minimum absolute atomic E-state index is 0.384. The van der Waals surface area contributed by atoms with E-state index in [0.717, 1.165) is 6.61 Å². The molecule has 0 aliphatic carbocycles. The predicted molar refractivity (Wildman–Crippen MR) is 51.3 cm³/mol. The van der Waals surface area contributed by atoms with Gasteiger partial charge in [-0.1, -0.05) is 0 Å². The SMILES string of the molecule is CC1OCCCN(C(C)C)[C@@H]1C. The van der Waals surface area contributed by atoms with Crippen LogP contribution in [-0.2, 0) is 4.74 Å². The lowest BCUT2D eigenvalue weighted by molar-refractivity contribution is 0.0271. The summed E-state index contributed by atoms with van der Waals surface area (Å²) < 4.78 is 5.65. The Kier molecular flexibility index (Phi) is 3.53. The summed E-state index contributed by atoms with van der Waals surface area (Å²) in [5, 5.41) is 0. The van der Waals surface area contributed by atoms with E-state index in [1.807, 2.05) is 0 Å². The van der Waals surface area contributed by atoms with Crippen LogP contribution in [0.4, 0.5) is 0 Å². The first-order valence-electron chi connectivity index (χ1n) is 5.00. The van der Waals surface area contributed by atoms with Gasteiger partial charge >= 0.3 is 0 Å². The number of ether oxygens (including phenoxy) is 1. The minimum atomic E-state index is 0.384. The zero-order valence-electron chi connectivity index (χ0n) is 8.71. The van der Waals surface area contributed by atoms with Crippen LogP contribution >= 0.6 is 0 Å². The number of nitrogens with zero attached hydrogens (tertiary/aromatic N) is 1. The van der Waals surface area contributed by atoms with E-state index in [4.69, 9.17) is 4.74 Å². The van der Waals surface area contributed by atoms with Gasteiger partial charge in [-0.3, -0.25) is 4.90 Å². The zero-order valence-corrected chi connectivity index (χ0v) is 8.71. The van der Waals surface area contributed by atoms with E-state index < -0.39 is 0 Å². The van der Waals surface area contributed by atoms with Crippen molar-refractivity contribution in [1.82, 2.24) is 4.90 Å². The molecule has 72 valence electrons. The molecule has 0 saturated carbocycles. The van der Waals surface area contributed by atoms with Crippen LogP contribution in [-0.4, -0.2) is 36.2 Å². The molecule has 0 N–H and O–H groups in total. The lowest BCUT2D eigenvalue weighted by Gasteiger charge is -2.33. The van der Waals surface area contributed by atoms with Crippen molar-refractivity contribution in [2.75, 3.05) is 13.2 Å². The molecular formula is C10H21NO. The molecule has 1 aliphatic rings. The molecular weight excluding hydrogens is 150 g/mol. The van der Waals surface area contributed by atoms with Crippen LogP contribution in [0.15, 0.2) is 0 Å². The lowest BCUT2D eigenvalue weighted by Crippen LogP contribution is -2.43. The van der Waals surface area contributed by atoms with Gasteiger partial charge in [0.15, 0.2) is 0 Å². The molecule has 1 fully saturated rings. The van der Waals surface area contributed by atoms with Gasteiger partial charge in [0, 0.05) is 25.2 Å². The largest absolute Gasteiger partial charge is 0.377 e. The Balaban J connectivity index is 2.58. The van der Waals surface area contributed by atoms with Gasteiger partial charge in [-0.15, -0.1) is 0 Å². The molecule has 2 nitrogen and oxygen atoms in total. The Morgan fingerprint density at radius 1 is 1.33 bits per heavy atom. The first kappa shape index (κ1) is 10.0. The highest BCUT2D eigenvalue weighted by molar-refractivity contribution is 4.78. The standard InChI is InChI=1S/C10H21NO/c1-8(2)11-6-5-7-12-10(4)9(11)3/h8-10H,5-7H2,1-4H3/t9-,10?/m1/s1. The second-order valence-electron chi connectivity index (χ2n) is 4.00. The van der Waals surface area contributed by atoms with Crippen molar-refractivity contribution in [3.05, 3.63) is 0 Å². The molecule has 0 aromatic heterocycles. The van der Waals surface area contributed by atoms with Crippen LogP contribution in [0.1, 0.15) is 34.1 Å².